The van der Waals surface area contributed by atoms with E-state index in [2.05, 4.69) is 51.2 Å². The number of hydrogen-bond acceptors (Lipinski definition) is 6. The van der Waals surface area contributed by atoms with Gasteiger partial charge in [-0.1, -0.05) is 199 Å². The summed E-state index contributed by atoms with van der Waals surface area (Å²) in [7, 11) is 0. The molecule has 0 rings (SSSR count). The molecule has 6 nitrogen and oxygen atoms in total. The Balaban J connectivity index is 4.64. The molecule has 59 heavy (non-hydrogen) atoms. The van der Waals surface area contributed by atoms with E-state index in [0.717, 1.165) is 64.2 Å². The molecule has 0 fully saturated rings. The lowest BCUT2D eigenvalue weighted by Crippen LogP contribution is -2.30. The van der Waals surface area contributed by atoms with Gasteiger partial charge in [0.05, 0.1) is 0 Å². The molecule has 0 aliphatic heterocycles. The van der Waals surface area contributed by atoms with Crippen LogP contribution in [0.25, 0.3) is 0 Å². The lowest BCUT2D eigenvalue weighted by Gasteiger charge is -2.18. The molecule has 1 atom stereocenters. The largest absolute Gasteiger partial charge is 0.462 e. The van der Waals surface area contributed by atoms with Crippen LogP contribution in [0.1, 0.15) is 162 Å². The van der Waals surface area contributed by atoms with Crippen LogP contribution in [0.5, 0.6) is 0 Å². The summed E-state index contributed by atoms with van der Waals surface area (Å²) in [5.41, 5.74) is 0. The van der Waals surface area contributed by atoms with Crippen molar-refractivity contribution in [3.63, 3.8) is 0 Å². The van der Waals surface area contributed by atoms with Gasteiger partial charge in [0.1, 0.15) is 13.2 Å². The van der Waals surface area contributed by atoms with Crippen molar-refractivity contribution in [1.29, 1.82) is 0 Å². The summed E-state index contributed by atoms with van der Waals surface area (Å²) in [5.74, 6) is -1.08. The number of hydrogen-bond donors (Lipinski definition) is 0. The van der Waals surface area contributed by atoms with E-state index < -0.39 is 12.1 Å². The highest BCUT2D eigenvalue weighted by Crippen LogP contribution is 2.11. The number of allylic oxidation sites excluding steroid dienone is 22. The minimum Gasteiger partial charge on any atom is -0.462 e. The molecule has 0 aliphatic rings. The molecule has 0 N–H and O–H groups in total. The molecule has 328 valence electrons. The minimum absolute atomic E-state index is 0.134. The first kappa shape index (κ1) is 54.6. The number of rotatable bonds is 38. The summed E-state index contributed by atoms with van der Waals surface area (Å²) < 4.78 is 16.6. The Morgan fingerprint density at radius 1 is 0.356 bits per heavy atom. The van der Waals surface area contributed by atoms with E-state index in [-0.39, 0.29) is 38.0 Å². The average molecular weight is 813 g/mol. The Kier molecular flexibility index (Phi) is 42.8. The van der Waals surface area contributed by atoms with Gasteiger partial charge >= 0.3 is 17.9 Å². The summed E-state index contributed by atoms with van der Waals surface area (Å²) in [6.45, 7) is 6.18. The predicted molar refractivity (Wildman–Crippen MR) is 251 cm³/mol. The van der Waals surface area contributed by atoms with Crippen LogP contribution in [0.3, 0.4) is 0 Å². The second-order valence-corrected chi connectivity index (χ2v) is 14.4. The van der Waals surface area contributed by atoms with Crippen molar-refractivity contribution in [2.45, 2.75) is 168 Å². The van der Waals surface area contributed by atoms with E-state index in [1.54, 1.807) is 0 Å². The van der Waals surface area contributed by atoms with Gasteiger partial charge in [-0.3, -0.25) is 14.4 Å². The Bertz CT molecular complexity index is 1350. The maximum absolute atomic E-state index is 12.7. The molecule has 0 radical (unpaired) electrons. The van der Waals surface area contributed by atoms with E-state index in [9.17, 15) is 14.4 Å². The Morgan fingerprint density at radius 3 is 1.14 bits per heavy atom. The normalized spacial score (nSPS) is 13.3. The molecule has 6 heteroatoms. The van der Waals surface area contributed by atoms with E-state index in [1.165, 1.54) is 38.5 Å². The van der Waals surface area contributed by atoms with Gasteiger partial charge < -0.3 is 14.2 Å². The van der Waals surface area contributed by atoms with Crippen LogP contribution in [0.4, 0.5) is 0 Å². The van der Waals surface area contributed by atoms with Crippen LogP contribution in [0.15, 0.2) is 134 Å². The van der Waals surface area contributed by atoms with Gasteiger partial charge in [0, 0.05) is 19.3 Å². The van der Waals surface area contributed by atoms with Crippen LogP contribution in [0.2, 0.25) is 0 Å². The summed E-state index contributed by atoms with van der Waals surface area (Å²) in [6.07, 6.45) is 64.4. The van der Waals surface area contributed by atoms with Gasteiger partial charge in [0.2, 0.25) is 0 Å². The summed E-state index contributed by atoms with van der Waals surface area (Å²) in [4.78, 5) is 37.8. The minimum atomic E-state index is -0.842. The Labute approximate surface area is 360 Å². The molecule has 0 aromatic rings. The molecule has 0 amide bonds. The summed E-state index contributed by atoms with van der Waals surface area (Å²) in [6, 6.07) is 0. The van der Waals surface area contributed by atoms with Gasteiger partial charge in [-0.15, -0.1) is 0 Å². The number of carbonyl (C=O) groups is 3. The van der Waals surface area contributed by atoms with E-state index in [0.29, 0.717) is 25.7 Å². The van der Waals surface area contributed by atoms with Crippen molar-refractivity contribution < 1.29 is 28.6 Å². The molecule has 0 bridgehead atoms. The van der Waals surface area contributed by atoms with Crippen LogP contribution in [-0.2, 0) is 28.6 Å². The monoisotopic (exact) mass is 813 g/mol. The van der Waals surface area contributed by atoms with Crippen molar-refractivity contribution in [2.24, 2.45) is 0 Å². The van der Waals surface area contributed by atoms with Crippen LogP contribution >= 0.6 is 0 Å². The SMILES string of the molecule is CC\C=C/C=C\C=C/C=C\C=C/CCCCCC(=O)OCC(COC(=O)CCCCC/C=C\CCCCCCCC)OC(=O)CCC\C=C/C=C\C=C/C=C\C=C/CC. The third kappa shape index (κ3) is 44.5. The summed E-state index contributed by atoms with van der Waals surface area (Å²) in [5, 5.41) is 0. The van der Waals surface area contributed by atoms with E-state index in [1.807, 2.05) is 103 Å². The highest BCUT2D eigenvalue weighted by atomic mass is 16.6. The average Bonchev–Trinajstić information content (AvgIpc) is 3.23. The quantitative estimate of drug-likeness (QED) is 0.0203. The van der Waals surface area contributed by atoms with Crippen LogP contribution in [-0.4, -0.2) is 37.2 Å². The first-order valence-corrected chi connectivity index (χ1v) is 22.8. The lowest BCUT2D eigenvalue weighted by molar-refractivity contribution is -0.167. The zero-order valence-electron chi connectivity index (χ0n) is 37.2. The molecule has 0 saturated carbocycles. The van der Waals surface area contributed by atoms with Gasteiger partial charge in [-0.25, -0.2) is 0 Å². The third-order valence-electron chi connectivity index (χ3n) is 8.88. The van der Waals surface area contributed by atoms with E-state index in [4.69, 9.17) is 14.2 Å². The van der Waals surface area contributed by atoms with E-state index >= 15 is 0 Å². The third-order valence-corrected chi connectivity index (χ3v) is 8.88. The summed E-state index contributed by atoms with van der Waals surface area (Å²) >= 11 is 0. The highest BCUT2D eigenvalue weighted by molar-refractivity contribution is 5.71. The maximum atomic E-state index is 12.7. The maximum Gasteiger partial charge on any atom is 0.306 e. The molecule has 0 aliphatic carbocycles. The van der Waals surface area contributed by atoms with Crippen LogP contribution < -0.4 is 0 Å². The molecule has 1 unspecified atom stereocenters. The molecule has 0 spiro atoms. The Hall–Kier alpha value is -4.45. The highest BCUT2D eigenvalue weighted by Gasteiger charge is 2.19. The van der Waals surface area contributed by atoms with Crippen molar-refractivity contribution >= 4 is 17.9 Å². The van der Waals surface area contributed by atoms with Crippen molar-refractivity contribution in [3.05, 3.63) is 134 Å². The predicted octanol–water partition coefficient (Wildman–Crippen LogP) is 14.7. The molecular weight excluding hydrogens is 733 g/mol. The van der Waals surface area contributed by atoms with Gasteiger partial charge in [-0.05, 0) is 77.0 Å². The van der Waals surface area contributed by atoms with Gasteiger partial charge in [0.15, 0.2) is 6.10 Å². The fourth-order valence-corrected chi connectivity index (χ4v) is 5.48. The number of carbonyl (C=O) groups excluding carboxylic acids is 3. The van der Waals surface area contributed by atoms with Crippen molar-refractivity contribution in [1.82, 2.24) is 0 Å². The Morgan fingerprint density at radius 2 is 0.695 bits per heavy atom. The first-order valence-electron chi connectivity index (χ1n) is 22.8. The van der Waals surface area contributed by atoms with Gasteiger partial charge in [-0.2, -0.15) is 0 Å². The molecule has 0 aromatic carbocycles. The number of esters is 3. The molecule has 0 aromatic heterocycles. The number of unbranched alkanes of at least 4 members (excludes halogenated alkanes) is 13. The molecule has 0 heterocycles. The zero-order chi connectivity index (χ0) is 43.0. The lowest BCUT2D eigenvalue weighted by atomic mass is 10.1. The van der Waals surface area contributed by atoms with Crippen LogP contribution in [0, 0.1) is 0 Å². The standard InChI is InChI=1S/C53H80O6/c1-4-7-10-13-16-19-22-25-26-29-31-34-37-40-43-46-52(55)58-49-50(59-53(56)47-44-41-38-35-32-28-24-21-18-15-12-9-6-3)48-57-51(54)45-42-39-36-33-30-27-23-20-17-14-11-8-5-2/h7,9-10,12-13,15-16,18-19,21-22,24-32,35,38,50H,4-6,8,11,14,17,20,23,33-34,36-37,39-49H2,1-3H3/b10-7-,12-9-,16-13-,18-15-,22-19-,24-21-,26-25-,30-27-,31-29-,32-28-,38-35-. The zero-order valence-corrected chi connectivity index (χ0v) is 37.2. The molecular formula is C53H80O6. The smallest absolute Gasteiger partial charge is 0.306 e. The number of ether oxygens (including phenoxy) is 3. The van der Waals surface area contributed by atoms with Gasteiger partial charge in [0.25, 0.3) is 0 Å². The first-order chi connectivity index (χ1) is 29.0. The van der Waals surface area contributed by atoms with Crippen molar-refractivity contribution in [3.8, 4) is 0 Å². The second kappa shape index (κ2) is 46.2. The second-order valence-electron chi connectivity index (χ2n) is 14.4. The fourth-order valence-electron chi connectivity index (χ4n) is 5.48. The van der Waals surface area contributed by atoms with Crippen molar-refractivity contribution in [2.75, 3.05) is 13.2 Å². The molecule has 0 saturated heterocycles. The topological polar surface area (TPSA) is 78.9 Å². The fraction of sp³-hybridized carbons (Fsp3) is 0.528.